The molecule has 2 rings (SSSR count). The Labute approximate surface area is 155 Å². The van der Waals surface area contributed by atoms with Crippen LogP contribution in [0.5, 0.6) is 5.75 Å². The van der Waals surface area contributed by atoms with Crippen molar-refractivity contribution in [1.29, 1.82) is 0 Å². The van der Waals surface area contributed by atoms with Crippen molar-refractivity contribution in [2.75, 3.05) is 64.9 Å². The number of hydrogen-bond acceptors (Lipinski definition) is 4. The van der Waals surface area contributed by atoms with Gasteiger partial charge in [0, 0.05) is 38.4 Å². The second-order valence-electron chi connectivity index (χ2n) is 6.73. The Hall–Kier alpha value is -2.28. The Morgan fingerprint density at radius 1 is 1.12 bits per heavy atom. The molecule has 7 heteroatoms. The van der Waals surface area contributed by atoms with E-state index >= 15 is 0 Å². The molecule has 1 atom stereocenters. The van der Waals surface area contributed by atoms with Gasteiger partial charge in [0.1, 0.15) is 5.75 Å². The summed E-state index contributed by atoms with van der Waals surface area (Å²) in [5, 5.41) is 2.85. The number of rotatable bonds is 8. The van der Waals surface area contributed by atoms with E-state index in [4.69, 9.17) is 4.74 Å². The molecule has 0 radical (unpaired) electrons. The van der Waals surface area contributed by atoms with Crippen LogP contribution in [0.25, 0.3) is 0 Å². The van der Waals surface area contributed by atoms with E-state index in [0.717, 1.165) is 35.8 Å². The van der Waals surface area contributed by atoms with Gasteiger partial charge in [0.15, 0.2) is 13.1 Å². The number of likely N-dealkylation sites (N-methyl/N-ethyl adjacent to an activating group) is 1. The molecule has 1 saturated heterocycles. The quantitative estimate of drug-likeness (QED) is 0.646. The number of methoxy groups -OCH3 is 1. The zero-order chi connectivity index (χ0) is 18.9. The zero-order valence-electron chi connectivity index (χ0n) is 16.1. The van der Waals surface area contributed by atoms with Crippen molar-refractivity contribution in [2.45, 2.75) is 13.3 Å². The molecule has 2 amide bonds. The molecule has 1 aliphatic rings. The molecule has 1 aromatic rings. The summed E-state index contributed by atoms with van der Waals surface area (Å²) < 4.78 is 5.19. The number of amides is 2. The molecule has 0 aliphatic carbocycles. The second kappa shape index (κ2) is 10.0. The molecule has 1 aliphatic heterocycles. The number of benzene rings is 1. The van der Waals surface area contributed by atoms with Gasteiger partial charge < -0.3 is 24.8 Å². The highest BCUT2D eigenvalue weighted by atomic mass is 16.5. The van der Waals surface area contributed by atoms with Crippen molar-refractivity contribution in [2.24, 2.45) is 0 Å². The van der Waals surface area contributed by atoms with Gasteiger partial charge in [-0.25, -0.2) is 0 Å². The molecule has 0 bridgehead atoms. The third kappa shape index (κ3) is 5.91. The average Bonchev–Trinajstić information content (AvgIpc) is 2.66. The summed E-state index contributed by atoms with van der Waals surface area (Å²) >= 11 is 0. The maximum Gasteiger partial charge on any atom is 0.277 e. The van der Waals surface area contributed by atoms with Crippen LogP contribution in [0.1, 0.15) is 13.3 Å². The molecule has 0 aromatic heterocycles. The Balaban J connectivity index is 1.75. The molecule has 2 N–H and O–H groups in total. The van der Waals surface area contributed by atoms with Gasteiger partial charge in [-0.1, -0.05) is 6.92 Å². The van der Waals surface area contributed by atoms with Gasteiger partial charge in [-0.05, 0) is 30.7 Å². The largest absolute Gasteiger partial charge is 0.497 e. The lowest BCUT2D eigenvalue weighted by molar-refractivity contribution is -0.863. The topological polar surface area (TPSA) is 66.3 Å². The summed E-state index contributed by atoms with van der Waals surface area (Å²) in [6.07, 6.45) is 0.919. The van der Waals surface area contributed by atoms with E-state index in [2.05, 4.69) is 10.2 Å². The summed E-state index contributed by atoms with van der Waals surface area (Å²) in [5.74, 6) is 0.957. The van der Waals surface area contributed by atoms with Crippen molar-refractivity contribution in [3.8, 4) is 5.75 Å². The predicted molar refractivity (Wildman–Crippen MR) is 102 cm³/mol. The highest BCUT2D eigenvalue weighted by molar-refractivity contribution is 5.79. The van der Waals surface area contributed by atoms with E-state index in [-0.39, 0.29) is 11.8 Å². The molecule has 144 valence electrons. The van der Waals surface area contributed by atoms with E-state index < -0.39 is 0 Å². The molecule has 7 nitrogen and oxygen atoms in total. The second-order valence-corrected chi connectivity index (χ2v) is 6.73. The van der Waals surface area contributed by atoms with E-state index in [1.54, 1.807) is 7.11 Å². The van der Waals surface area contributed by atoms with Crippen LogP contribution in [0.4, 0.5) is 5.69 Å². The van der Waals surface area contributed by atoms with Crippen molar-refractivity contribution >= 4 is 17.5 Å². The number of nitrogens with one attached hydrogen (secondary N) is 2. The molecule has 1 heterocycles. The lowest BCUT2D eigenvalue weighted by atomic mass is 10.2. The van der Waals surface area contributed by atoms with Crippen LogP contribution in [-0.2, 0) is 9.59 Å². The fourth-order valence-electron chi connectivity index (χ4n) is 3.04. The van der Waals surface area contributed by atoms with Crippen molar-refractivity contribution in [1.82, 2.24) is 10.2 Å². The fraction of sp³-hybridized carbons (Fsp3) is 0.579. The Morgan fingerprint density at radius 3 is 2.35 bits per heavy atom. The summed E-state index contributed by atoms with van der Waals surface area (Å²) in [5.41, 5.74) is 1.15. The Kier molecular flexibility index (Phi) is 7.72. The number of anilines is 1. The molecule has 1 unspecified atom stereocenters. The molecular weight excluding hydrogens is 332 g/mol. The number of hydrogen-bond donors (Lipinski definition) is 2. The number of piperazine rings is 1. The molecular formula is C19H31N4O3+. The van der Waals surface area contributed by atoms with Crippen LogP contribution in [0.3, 0.4) is 0 Å². The van der Waals surface area contributed by atoms with Crippen molar-refractivity contribution in [3.63, 3.8) is 0 Å². The molecule has 1 fully saturated rings. The monoisotopic (exact) mass is 363 g/mol. The van der Waals surface area contributed by atoms with Crippen LogP contribution in [0.15, 0.2) is 24.3 Å². The minimum atomic E-state index is 0.00137. The predicted octanol–water partition coefficient (Wildman–Crippen LogP) is -0.615. The summed E-state index contributed by atoms with van der Waals surface area (Å²) in [6, 6.07) is 8.00. The van der Waals surface area contributed by atoms with Gasteiger partial charge >= 0.3 is 0 Å². The first-order valence-corrected chi connectivity index (χ1v) is 9.28. The minimum absolute atomic E-state index is 0.00137. The Bertz CT molecular complexity index is 583. The highest BCUT2D eigenvalue weighted by Gasteiger charge is 2.24. The standard InChI is InChI=1S/C19H30N4O3/c1-4-9-20-18(24)14-21(2)15-19(25)23-12-10-22(11-13-23)16-5-7-17(26-3)8-6-16/h5-8H,4,9-15H2,1-3H3,(H,20,24)/p+1. The van der Waals surface area contributed by atoms with Gasteiger partial charge in [-0.2, -0.15) is 0 Å². The van der Waals surface area contributed by atoms with Crippen molar-refractivity contribution < 1.29 is 19.2 Å². The van der Waals surface area contributed by atoms with Crippen LogP contribution >= 0.6 is 0 Å². The first-order chi connectivity index (χ1) is 12.5. The maximum atomic E-state index is 12.5. The maximum absolute atomic E-state index is 12.5. The van der Waals surface area contributed by atoms with Gasteiger partial charge in [-0.15, -0.1) is 0 Å². The number of quaternary nitrogens is 1. The lowest BCUT2D eigenvalue weighted by Crippen LogP contribution is -3.11. The van der Waals surface area contributed by atoms with Crippen LogP contribution in [0.2, 0.25) is 0 Å². The van der Waals surface area contributed by atoms with E-state index in [1.165, 1.54) is 0 Å². The highest BCUT2D eigenvalue weighted by Crippen LogP contribution is 2.20. The van der Waals surface area contributed by atoms with Crippen molar-refractivity contribution in [3.05, 3.63) is 24.3 Å². The third-order valence-electron chi connectivity index (χ3n) is 4.56. The smallest absolute Gasteiger partial charge is 0.277 e. The average molecular weight is 363 g/mol. The summed E-state index contributed by atoms with van der Waals surface area (Å²) in [6.45, 7) is 6.43. The van der Waals surface area contributed by atoms with Crippen LogP contribution in [0, 0.1) is 0 Å². The fourth-order valence-corrected chi connectivity index (χ4v) is 3.04. The van der Waals surface area contributed by atoms with Crippen LogP contribution in [-0.4, -0.2) is 76.7 Å². The number of nitrogens with zero attached hydrogens (tertiary/aromatic N) is 2. The lowest BCUT2D eigenvalue weighted by Gasteiger charge is -2.36. The molecule has 26 heavy (non-hydrogen) atoms. The van der Waals surface area contributed by atoms with Gasteiger partial charge in [0.05, 0.1) is 14.2 Å². The number of carbonyl (C=O) groups excluding carboxylic acids is 2. The third-order valence-corrected chi connectivity index (χ3v) is 4.56. The first kappa shape index (κ1) is 20.0. The van der Waals surface area contributed by atoms with E-state index in [9.17, 15) is 9.59 Å². The van der Waals surface area contributed by atoms with E-state index in [0.29, 0.717) is 32.7 Å². The number of ether oxygens (including phenoxy) is 1. The van der Waals surface area contributed by atoms with Crippen LogP contribution < -0.4 is 19.9 Å². The Morgan fingerprint density at radius 2 is 1.77 bits per heavy atom. The SMILES string of the molecule is CCCNC(=O)C[NH+](C)CC(=O)N1CCN(c2ccc(OC)cc2)CC1. The normalized spacial score (nSPS) is 15.5. The van der Waals surface area contributed by atoms with Gasteiger partial charge in [-0.3, -0.25) is 9.59 Å². The number of carbonyl (C=O) groups is 2. The van der Waals surface area contributed by atoms with E-state index in [1.807, 2.05) is 43.1 Å². The molecule has 0 saturated carbocycles. The minimum Gasteiger partial charge on any atom is -0.497 e. The summed E-state index contributed by atoms with van der Waals surface area (Å²) in [7, 11) is 3.54. The molecule has 1 aromatic carbocycles. The molecule has 0 spiro atoms. The summed E-state index contributed by atoms with van der Waals surface area (Å²) in [4.78, 5) is 29.3. The first-order valence-electron chi connectivity index (χ1n) is 9.28. The van der Waals surface area contributed by atoms with Gasteiger partial charge in [0.25, 0.3) is 11.8 Å². The van der Waals surface area contributed by atoms with Gasteiger partial charge in [0.2, 0.25) is 0 Å². The zero-order valence-corrected chi connectivity index (χ0v) is 16.1.